The highest BCUT2D eigenvalue weighted by molar-refractivity contribution is 5.21. The van der Waals surface area contributed by atoms with Gasteiger partial charge < -0.3 is 10.3 Å². The number of hydrogen-bond acceptors (Lipinski definition) is 1. The molecule has 9 heavy (non-hydrogen) atoms. The Morgan fingerprint density at radius 3 is 2.67 bits per heavy atom. The van der Waals surface area contributed by atoms with Gasteiger partial charge in [0.1, 0.15) is 6.54 Å². The van der Waals surface area contributed by atoms with Crippen LogP contribution in [0.3, 0.4) is 0 Å². The van der Waals surface area contributed by atoms with Gasteiger partial charge in [-0.1, -0.05) is 0 Å². The summed E-state index contributed by atoms with van der Waals surface area (Å²) in [5.41, 5.74) is 2.24. The molecule has 1 unspecified atom stereocenters. The molecule has 0 spiro atoms. The molecule has 1 aliphatic heterocycles. The second kappa shape index (κ2) is 2.33. The van der Waals surface area contributed by atoms with Crippen molar-refractivity contribution in [2.45, 2.75) is 13.8 Å². The van der Waals surface area contributed by atoms with Crippen LogP contribution in [0, 0.1) is 5.21 Å². The first-order valence-corrected chi connectivity index (χ1v) is 3.07. The van der Waals surface area contributed by atoms with Crippen molar-refractivity contribution in [1.82, 2.24) is 0 Å². The first-order valence-electron chi connectivity index (χ1n) is 3.07. The lowest BCUT2D eigenvalue weighted by Crippen LogP contribution is -3.03. The second-order valence-corrected chi connectivity index (χ2v) is 2.52. The van der Waals surface area contributed by atoms with Crippen LogP contribution in [0.1, 0.15) is 13.8 Å². The van der Waals surface area contributed by atoms with Crippen LogP contribution in [0.5, 0.6) is 0 Å². The zero-order chi connectivity index (χ0) is 6.85. The Hall–Kier alpha value is -0.600. The summed E-state index contributed by atoms with van der Waals surface area (Å²) in [6.07, 6.45) is 3.73. The molecule has 1 atom stereocenters. The van der Waals surface area contributed by atoms with Crippen molar-refractivity contribution in [1.29, 1.82) is 0 Å². The SMILES string of the molecule is CC1=C[NH+]([O-])CC(C)=C1. The highest BCUT2D eigenvalue weighted by Crippen LogP contribution is 2.00. The molecule has 1 heterocycles. The quantitative estimate of drug-likeness (QED) is 0.461. The predicted molar refractivity (Wildman–Crippen MR) is 36.7 cm³/mol. The van der Waals surface area contributed by atoms with Crippen molar-refractivity contribution in [3.8, 4) is 0 Å². The fourth-order valence-electron chi connectivity index (χ4n) is 1.06. The first kappa shape index (κ1) is 6.52. The molecule has 1 N–H and O–H groups in total. The molecule has 0 aliphatic carbocycles. The highest BCUT2D eigenvalue weighted by Gasteiger charge is 2.02. The Morgan fingerprint density at radius 1 is 1.56 bits per heavy atom. The molecule has 1 aliphatic rings. The van der Waals surface area contributed by atoms with Crippen molar-refractivity contribution in [3.63, 3.8) is 0 Å². The number of nitrogens with one attached hydrogen (secondary N) is 1. The summed E-state index contributed by atoms with van der Waals surface area (Å²) in [5, 5.41) is 11.0. The molecule has 0 aromatic carbocycles. The molecule has 0 aromatic rings. The van der Waals surface area contributed by atoms with Crippen molar-refractivity contribution in [2.24, 2.45) is 0 Å². The van der Waals surface area contributed by atoms with Gasteiger partial charge in [0.15, 0.2) is 0 Å². The van der Waals surface area contributed by atoms with Gasteiger partial charge in [0.05, 0.1) is 6.20 Å². The molecule has 0 bridgehead atoms. The van der Waals surface area contributed by atoms with E-state index in [2.05, 4.69) is 0 Å². The molecule has 0 radical (unpaired) electrons. The topological polar surface area (TPSA) is 27.5 Å². The number of allylic oxidation sites excluding steroid dienone is 2. The third-order valence-electron chi connectivity index (χ3n) is 1.32. The van der Waals surface area contributed by atoms with Crippen LogP contribution in [0.25, 0.3) is 0 Å². The largest absolute Gasteiger partial charge is 0.629 e. The smallest absolute Gasteiger partial charge is 0.103 e. The third-order valence-corrected chi connectivity index (χ3v) is 1.32. The van der Waals surface area contributed by atoms with E-state index < -0.39 is 0 Å². The lowest BCUT2D eigenvalue weighted by molar-refractivity contribution is -0.786. The van der Waals surface area contributed by atoms with Crippen LogP contribution in [0.15, 0.2) is 23.4 Å². The minimum atomic E-state index is 0.229. The molecular formula is C7H11NO. The fraction of sp³-hybridized carbons (Fsp3) is 0.429. The van der Waals surface area contributed by atoms with E-state index in [-0.39, 0.29) is 5.06 Å². The standard InChI is InChI=1S/C7H11NO/c1-6-3-7(2)5-8(9)4-6/h3-4,8H,5H2,1-2H3. The molecule has 0 saturated carbocycles. The average Bonchev–Trinajstić information content (AvgIpc) is 1.59. The lowest BCUT2D eigenvalue weighted by atomic mass is 10.1. The van der Waals surface area contributed by atoms with E-state index in [0.717, 1.165) is 5.57 Å². The first-order chi connectivity index (χ1) is 4.18. The third kappa shape index (κ3) is 1.66. The molecule has 0 amide bonds. The molecule has 0 fully saturated rings. The number of hydroxylamine groups is 2. The highest BCUT2D eigenvalue weighted by atomic mass is 16.5. The molecule has 0 aromatic heterocycles. The number of quaternary nitrogens is 1. The minimum absolute atomic E-state index is 0.229. The van der Waals surface area contributed by atoms with Crippen LogP contribution < -0.4 is 5.06 Å². The molecule has 1 rings (SSSR count). The second-order valence-electron chi connectivity index (χ2n) is 2.52. The maximum Gasteiger partial charge on any atom is 0.103 e. The van der Waals surface area contributed by atoms with Gasteiger partial charge in [-0.3, -0.25) is 0 Å². The van der Waals surface area contributed by atoms with Crippen molar-refractivity contribution in [2.75, 3.05) is 6.54 Å². The molecule has 50 valence electrons. The van der Waals surface area contributed by atoms with Crippen LogP contribution in [-0.2, 0) is 0 Å². The number of hydrogen-bond donors (Lipinski definition) is 1. The van der Waals surface area contributed by atoms with Gasteiger partial charge in [-0.05, 0) is 25.5 Å². The zero-order valence-corrected chi connectivity index (χ0v) is 5.77. The predicted octanol–water partition coefficient (Wildman–Crippen LogP) is 0.233. The Kier molecular flexibility index (Phi) is 1.69. The van der Waals surface area contributed by atoms with E-state index in [1.807, 2.05) is 19.9 Å². The van der Waals surface area contributed by atoms with Crippen LogP contribution in [0.4, 0.5) is 0 Å². The Labute approximate surface area is 55.1 Å². The summed E-state index contributed by atoms with van der Waals surface area (Å²) in [6, 6.07) is 0. The summed E-state index contributed by atoms with van der Waals surface area (Å²) in [6.45, 7) is 4.53. The van der Waals surface area contributed by atoms with Gasteiger partial charge in [-0.25, -0.2) is 0 Å². The average molecular weight is 125 g/mol. The molecular weight excluding hydrogens is 114 g/mol. The van der Waals surface area contributed by atoms with Gasteiger partial charge in [0.25, 0.3) is 0 Å². The molecule has 0 saturated heterocycles. The summed E-state index contributed by atoms with van der Waals surface area (Å²) >= 11 is 0. The van der Waals surface area contributed by atoms with Crippen LogP contribution in [-0.4, -0.2) is 6.54 Å². The van der Waals surface area contributed by atoms with E-state index in [1.54, 1.807) is 6.20 Å². The van der Waals surface area contributed by atoms with Crippen molar-refractivity contribution >= 4 is 0 Å². The van der Waals surface area contributed by atoms with Crippen LogP contribution in [0.2, 0.25) is 0 Å². The fourth-order valence-corrected chi connectivity index (χ4v) is 1.06. The van der Waals surface area contributed by atoms with Crippen molar-refractivity contribution < 1.29 is 5.06 Å². The molecule has 2 nitrogen and oxygen atoms in total. The monoisotopic (exact) mass is 125 g/mol. The Morgan fingerprint density at radius 2 is 2.22 bits per heavy atom. The van der Waals surface area contributed by atoms with E-state index >= 15 is 0 Å². The molecule has 2 heteroatoms. The lowest BCUT2D eigenvalue weighted by Gasteiger charge is -2.21. The Bertz CT molecular complexity index is 170. The summed E-state index contributed by atoms with van der Waals surface area (Å²) in [5.74, 6) is 0. The zero-order valence-electron chi connectivity index (χ0n) is 5.77. The minimum Gasteiger partial charge on any atom is -0.629 e. The maximum absolute atomic E-state index is 10.8. The van der Waals surface area contributed by atoms with Gasteiger partial charge in [-0.2, -0.15) is 0 Å². The summed E-state index contributed by atoms with van der Waals surface area (Å²) in [7, 11) is 0. The summed E-state index contributed by atoms with van der Waals surface area (Å²) in [4.78, 5) is 0. The number of rotatable bonds is 0. The van der Waals surface area contributed by atoms with E-state index in [0.29, 0.717) is 6.54 Å². The van der Waals surface area contributed by atoms with Crippen LogP contribution >= 0.6 is 0 Å². The van der Waals surface area contributed by atoms with E-state index in [4.69, 9.17) is 0 Å². The maximum atomic E-state index is 10.8. The van der Waals surface area contributed by atoms with Gasteiger partial charge in [0.2, 0.25) is 0 Å². The van der Waals surface area contributed by atoms with Gasteiger partial charge in [-0.15, -0.1) is 0 Å². The Balaban J connectivity index is 2.74. The van der Waals surface area contributed by atoms with Gasteiger partial charge >= 0.3 is 0 Å². The summed E-state index contributed by atoms with van der Waals surface area (Å²) < 4.78 is 0. The van der Waals surface area contributed by atoms with Crippen molar-refractivity contribution in [3.05, 3.63) is 28.6 Å². The van der Waals surface area contributed by atoms with Gasteiger partial charge in [0, 0.05) is 5.57 Å². The van der Waals surface area contributed by atoms with E-state index in [1.165, 1.54) is 5.57 Å². The normalized spacial score (nSPS) is 27.2. The van der Waals surface area contributed by atoms with E-state index in [9.17, 15) is 5.21 Å².